The van der Waals surface area contributed by atoms with Crippen molar-refractivity contribution < 1.29 is 14.0 Å². The lowest BCUT2D eigenvalue weighted by molar-refractivity contribution is -0.118. The van der Waals surface area contributed by atoms with E-state index in [-0.39, 0.29) is 22.7 Å². The van der Waals surface area contributed by atoms with E-state index in [1.807, 2.05) is 6.92 Å². The minimum atomic E-state index is -1.92. The molecule has 37 heavy (non-hydrogen) atoms. The number of hydrogen-bond acceptors (Lipinski definition) is 8. The highest BCUT2D eigenvalue weighted by Crippen LogP contribution is 2.37. The molecule has 3 aromatic rings. The van der Waals surface area contributed by atoms with E-state index >= 15 is 0 Å². The standard InChI is InChI=1S/C25H34N8O3Si/c1-17(15-36-37(5,6)25(2,3)4)33-23(29-30-31-33)20-8-7-9-22(27-20)28-24(35)21-12-19-14-32(16-34)11-10-18(19)13-26-21/h7-9,12-13,16-17H,10-11,14-15H2,1-6H3,(H,27,28,35). The fraction of sp³-hybridized carbons (Fsp3) is 0.480. The van der Waals surface area contributed by atoms with Gasteiger partial charge >= 0.3 is 0 Å². The van der Waals surface area contributed by atoms with Crippen molar-refractivity contribution in [1.29, 1.82) is 0 Å². The van der Waals surface area contributed by atoms with Crippen LogP contribution >= 0.6 is 0 Å². The van der Waals surface area contributed by atoms with Gasteiger partial charge in [0.05, 0.1) is 12.6 Å². The summed E-state index contributed by atoms with van der Waals surface area (Å²) in [4.78, 5) is 34.6. The van der Waals surface area contributed by atoms with E-state index in [0.717, 1.165) is 24.0 Å². The molecular weight excluding hydrogens is 488 g/mol. The Hall–Kier alpha value is -3.51. The predicted molar refractivity (Wildman–Crippen MR) is 141 cm³/mol. The number of amides is 2. The van der Waals surface area contributed by atoms with E-state index in [9.17, 15) is 9.59 Å². The van der Waals surface area contributed by atoms with Gasteiger partial charge in [-0.1, -0.05) is 26.8 Å². The number of anilines is 1. The van der Waals surface area contributed by atoms with Crippen LogP contribution in [0.1, 0.15) is 55.4 Å². The predicted octanol–water partition coefficient (Wildman–Crippen LogP) is 3.48. The number of rotatable bonds is 8. The molecule has 4 heterocycles. The smallest absolute Gasteiger partial charge is 0.275 e. The van der Waals surface area contributed by atoms with Gasteiger partial charge in [-0.2, -0.15) is 0 Å². The number of aromatic nitrogens is 6. The lowest BCUT2D eigenvalue weighted by Gasteiger charge is -2.36. The SMILES string of the molecule is CC(CO[Si](C)(C)C(C)(C)C)n1nnnc1-c1cccc(NC(=O)c2cc3c(cn2)CCN(C=O)C3)n1. The number of hydrogen-bond donors (Lipinski definition) is 1. The van der Waals surface area contributed by atoms with Crippen LogP contribution < -0.4 is 5.32 Å². The number of nitrogens with one attached hydrogen (secondary N) is 1. The Morgan fingerprint density at radius 3 is 2.78 bits per heavy atom. The van der Waals surface area contributed by atoms with E-state index in [1.54, 1.807) is 40.0 Å². The molecule has 1 aliphatic heterocycles. The average molecular weight is 523 g/mol. The maximum absolute atomic E-state index is 12.9. The number of carbonyl (C=O) groups is 2. The molecule has 1 aliphatic rings. The maximum atomic E-state index is 12.9. The van der Waals surface area contributed by atoms with Crippen LogP contribution in [0.3, 0.4) is 0 Å². The summed E-state index contributed by atoms with van der Waals surface area (Å²) >= 11 is 0. The zero-order valence-electron chi connectivity index (χ0n) is 22.2. The molecule has 2 amide bonds. The Kier molecular flexibility index (Phi) is 7.51. The van der Waals surface area contributed by atoms with Crippen molar-refractivity contribution in [3.63, 3.8) is 0 Å². The fourth-order valence-electron chi connectivity index (χ4n) is 3.76. The maximum Gasteiger partial charge on any atom is 0.275 e. The molecule has 11 nitrogen and oxygen atoms in total. The zero-order chi connectivity index (χ0) is 26.8. The van der Waals surface area contributed by atoms with Gasteiger partial charge in [0.2, 0.25) is 12.2 Å². The molecule has 0 aliphatic carbocycles. The molecule has 0 bridgehead atoms. The molecule has 0 spiro atoms. The first-order valence-corrected chi connectivity index (χ1v) is 15.3. The van der Waals surface area contributed by atoms with E-state index in [4.69, 9.17) is 4.43 Å². The average Bonchev–Trinajstić information content (AvgIpc) is 3.36. The molecule has 0 saturated heterocycles. The van der Waals surface area contributed by atoms with Crippen LogP contribution in [0.5, 0.6) is 0 Å². The van der Waals surface area contributed by atoms with Gasteiger partial charge in [0.25, 0.3) is 5.91 Å². The van der Waals surface area contributed by atoms with Gasteiger partial charge in [-0.3, -0.25) is 14.6 Å². The summed E-state index contributed by atoms with van der Waals surface area (Å²) in [5, 5.41) is 15.1. The molecule has 3 aromatic heterocycles. The van der Waals surface area contributed by atoms with Crippen LogP contribution in [0, 0.1) is 0 Å². The first-order chi connectivity index (χ1) is 17.5. The lowest BCUT2D eigenvalue weighted by atomic mass is 10.0. The highest BCUT2D eigenvalue weighted by atomic mass is 28.4. The Labute approximate surface area is 217 Å². The van der Waals surface area contributed by atoms with Crippen LogP contribution in [0.25, 0.3) is 11.5 Å². The summed E-state index contributed by atoms with van der Waals surface area (Å²) in [6, 6.07) is 6.91. The minimum absolute atomic E-state index is 0.102. The second-order valence-electron chi connectivity index (χ2n) is 10.9. The number of tetrazole rings is 1. The number of pyridine rings is 2. The molecule has 1 atom stereocenters. The molecule has 0 saturated carbocycles. The zero-order valence-corrected chi connectivity index (χ0v) is 23.2. The summed E-state index contributed by atoms with van der Waals surface area (Å²) in [7, 11) is -1.92. The van der Waals surface area contributed by atoms with E-state index in [1.165, 1.54) is 0 Å². The van der Waals surface area contributed by atoms with Crippen LogP contribution in [-0.4, -0.2) is 68.9 Å². The second kappa shape index (κ2) is 10.5. The Balaban J connectivity index is 1.48. The van der Waals surface area contributed by atoms with Gasteiger partial charge in [-0.15, -0.1) is 5.10 Å². The van der Waals surface area contributed by atoms with Crippen LogP contribution in [-0.2, 0) is 22.2 Å². The van der Waals surface area contributed by atoms with Gasteiger partial charge in [-0.05, 0) is 71.2 Å². The summed E-state index contributed by atoms with van der Waals surface area (Å²) in [5.74, 6) is 0.464. The summed E-state index contributed by atoms with van der Waals surface area (Å²) < 4.78 is 8.06. The first-order valence-electron chi connectivity index (χ1n) is 12.4. The molecule has 0 radical (unpaired) electrons. The van der Waals surface area contributed by atoms with Gasteiger partial charge in [-0.25, -0.2) is 9.67 Å². The second-order valence-corrected chi connectivity index (χ2v) is 15.7. The number of carbonyl (C=O) groups excluding carboxylic acids is 2. The highest BCUT2D eigenvalue weighted by Gasteiger charge is 2.37. The quantitative estimate of drug-likeness (QED) is 0.352. The molecule has 12 heteroatoms. The van der Waals surface area contributed by atoms with E-state index in [0.29, 0.717) is 37.0 Å². The summed E-state index contributed by atoms with van der Waals surface area (Å²) in [6.45, 7) is 14.6. The van der Waals surface area contributed by atoms with Crippen molar-refractivity contribution in [1.82, 2.24) is 35.1 Å². The molecule has 4 rings (SSSR count). The Morgan fingerprint density at radius 2 is 2.05 bits per heavy atom. The monoisotopic (exact) mass is 522 g/mol. The lowest BCUT2D eigenvalue weighted by Crippen LogP contribution is -2.42. The Bertz CT molecular complexity index is 1290. The van der Waals surface area contributed by atoms with Gasteiger partial charge in [0.1, 0.15) is 17.2 Å². The van der Waals surface area contributed by atoms with Crippen LogP contribution in [0.4, 0.5) is 5.82 Å². The van der Waals surface area contributed by atoms with Crippen LogP contribution in [0.2, 0.25) is 18.1 Å². The summed E-state index contributed by atoms with van der Waals surface area (Å²) in [5.41, 5.74) is 2.77. The van der Waals surface area contributed by atoms with Crippen LogP contribution in [0.15, 0.2) is 30.5 Å². The van der Waals surface area contributed by atoms with Crippen molar-refractivity contribution in [3.05, 3.63) is 47.3 Å². The first kappa shape index (κ1) is 26.5. The Morgan fingerprint density at radius 1 is 1.27 bits per heavy atom. The number of nitrogens with zero attached hydrogens (tertiary/aromatic N) is 7. The molecule has 196 valence electrons. The third kappa shape index (κ3) is 5.91. The largest absolute Gasteiger partial charge is 0.415 e. The highest BCUT2D eigenvalue weighted by molar-refractivity contribution is 6.74. The van der Waals surface area contributed by atoms with Gasteiger partial charge in [0, 0.05) is 19.3 Å². The van der Waals surface area contributed by atoms with E-state index in [2.05, 4.69) is 64.7 Å². The van der Waals surface area contributed by atoms with Crippen molar-refractivity contribution in [2.45, 2.75) is 64.8 Å². The molecular formula is C25H34N8O3Si. The van der Waals surface area contributed by atoms with Gasteiger partial charge in [0.15, 0.2) is 8.32 Å². The van der Waals surface area contributed by atoms with E-state index < -0.39 is 8.32 Å². The fourth-order valence-corrected chi connectivity index (χ4v) is 4.85. The topological polar surface area (TPSA) is 128 Å². The van der Waals surface area contributed by atoms with Crippen molar-refractivity contribution in [3.8, 4) is 11.5 Å². The van der Waals surface area contributed by atoms with Crippen molar-refractivity contribution in [2.75, 3.05) is 18.5 Å². The normalized spacial score (nSPS) is 14.7. The van der Waals surface area contributed by atoms with Crippen molar-refractivity contribution in [2.24, 2.45) is 0 Å². The van der Waals surface area contributed by atoms with Gasteiger partial charge < -0.3 is 14.6 Å². The number of fused-ring (bicyclic) bond motifs is 1. The molecule has 1 unspecified atom stereocenters. The summed E-state index contributed by atoms with van der Waals surface area (Å²) in [6.07, 6.45) is 3.25. The minimum Gasteiger partial charge on any atom is -0.415 e. The third-order valence-corrected chi connectivity index (χ3v) is 11.6. The molecule has 0 aromatic carbocycles. The molecule has 1 N–H and O–H groups in total. The van der Waals surface area contributed by atoms with Crippen molar-refractivity contribution >= 4 is 26.5 Å². The molecule has 0 fully saturated rings. The third-order valence-electron chi connectivity index (χ3n) is 7.13.